The number of ether oxygens (including phenoxy) is 1. The van der Waals surface area contributed by atoms with Gasteiger partial charge in [-0.05, 0) is 66.9 Å². The Kier molecular flexibility index (Phi) is 8.37. The number of benzene rings is 2. The number of fused-ring (bicyclic) bond motifs is 1. The molecule has 1 aliphatic carbocycles. The maximum absolute atomic E-state index is 9.28. The minimum atomic E-state index is 0.187. The van der Waals surface area contributed by atoms with Crippen molar-refractivity contribution in [3.63, 3.8) is 0 Å². The third-order valence-corrected chi connectivity index (χ3v) is 6.79. The van der Waals surface area contributed by atoms with Crippen molar-refractivity contribution in [1.29, 1.82) is 5.26 Å². The molecule has 2 aromatic rings. The summed E-state index contributed by atoms with van der Waals surface area (Å²) in [6, 6.07) is 17.3. The van der Waals surface area contributed by atoms with E-state index in [9.17, 15) is 5.26 Å². The van der Waals surface area contributed by atoms with Crippen LogP contribution >= 0.6 is 11.6 Å². The molecule has 32 heavy (non-hydrogen) atoms. The van der Waals surface area contributed by atoms with Crippen molar-refractivity contribution in [2.75, 3.05) is 7.11 Å². The van der Waals surface area contributed by atoms with E-state index in [-0.39, 0.29) is 5.92 Å². The predicted octanol–water partition coefficient (Wildman–Crippen LogP) is 8.30. The highest BCUT2D eigenvalue weighted by molar-refractivity contribution is 6.31. The molecule has 0 fully saturated rings. The number of rotatable bonds is 6. The van der Waals surface area contributed by atoms with Gasteiger partial charge < -0.3 is 4.74 Å². The van der Waals surface area contributed by atoms with Gasteiger partial charge in [-0.15, -0.1) is 0 Å². The Hall–Kier alpha value is -2.76. The van der Waals surface area contributed by atoms with Crippen LogP contribution in [0.15, 0.2) is 71.8 Å². The number of nitrogens with zero attached hydrogens (tertiary/aromatic N) is 1. The Morgan fingerprint density at radius 2 is 1.94 bits per heavy atom. The van der Waals surface area contributed by atoms with E-state index in [1.165, 1.54) is 16.7 Å². The Morgan fingerprint density at radius 3 is 2.66 bits per heavy atom. The molecule has 0 aromatic heterocycles. The van der Waals surface area contributed by atoms with Crippen LogP contribution in [0.2, 0.25) is 0 Å². The monoisotopic (exact) mass is 445 g/mol. The molecule has 3 heteroatoms. The lowest BCUT2D eigenvalue weighted by atomic mass is 9.73. The molecule has 1 aliphatic rings. The number of para-hydroxylation sites is 1. The van der Waals surface area contributed by atoms with Crippen LogP contribution in [0.4, 0.5) is 0 Å². The van der Waals surface area contributed by atoms with Gasteiger partial charge in [0.2, 0.25) is 0 Å². The molecule has 2 aromatic carbocycles. The second kappa shape index (κ2) is 11.2. The molecule has 166 valence electrons. The fourth-order valence-electron chi connectivity index (χ4n) is 4.82. The maximum atomic E-state index is 9.28. The van der Waals surface area contributed by atoms with Gasteiger partial charge in [0.15, 0.2) is 0 Å². The summed E-state index contributed by atoms with van der Waals surface area (Å²) in [6.07, 6.45) is 10.8. The van der Waals surface area contributed by atoms with Crippen LogP contribution < -0.4 is 4.74 Å². The highest BCUT2D eigenvalue weighted by Crippen LogP contribution is 2.45. The summed E-state index contributed by atoms with van der Waals surface area (Å²) in [6.45, 7) is 6.35. The summed E-state index contributed by atoms with van der Waals surface area (Å²) >= 11 is 6.32. The fraction of sp³-hybridized carbons (Fsp3) is 0.345. The van der Waals surface area contributed by atoms with Gasteiger partial charge >= 0.3 is 0 Å². The molecular weight excluding hydrogens is 414 g/mol. The fourth-order valence-corrected chi connectivity index (χ4v) is 4.88. The van der Waals surface area contributed by atoms with Crippen molar-refractivity contribution in [3.05, 3.63) is 94.1 Å². The van der Waals surface area contributed by atoms with Crippen LogP contribution in [0.3, 0.4) is 0 Å². The summed E-state index contributed by atoms with van der Waals surface area (Å²) in [5.74, 6) is 1.85. The van der Waals surface area contributed by atoms with Crippen LogP contribution in [0.25, 0.3) is 5.57 Å². The van der Waals surface area contributed by atoms with E-state index in [1.54, 1.807) is 7.11 Å². The van der Waals surface area contributed by atoms with Gasteiger partial charge in [-0.2, -0.15) is 5.26 Å². The molecule has 0 radical (unpaired) electrons. The van der Waals surface area contributed by atoms with Crippen molar-refractivity contribution in [3.8, 4) is 11.8 Å². The number of methoxy groups -OCH3 is 1. The Morgan fingerprint density at radius 1 is 1.19 bits per heavy atom. The van der Waals surface area contributed by atoms with Crippen LogP contribution in [-0.2, 0) is 0 Å². The number of aryl methyl sites for hydroxylation is 1. The maximum Gasteiger partial charge on any atom is 0.125 e. The summed E-state index contributed by atoms with van der Waals surface area (Å²) in [5, 5.41) is 9.99. The SMILES string of the molecule is C\C=C(Cl)/C=C\C1=C\C(c2cccc(C)c2OC)C(C)CC(CCC#N)c2ccccc21. The first-order valence-electron chi connectivity index (χ1n) is 11.3. The lowest BCUT2D eigenvalue weighted by molar-refractivity contribution is 0.382. The summed E-state index contributed by atoms with van der Waals surface area (Å²) < 4.78 is 5.84. The van der Waals surface area contributed by atoms with Gasteiger partial charge in [0, 0.05) is 22.9 Å². The van der Waals surface area contributed by atoms with E-state index in [0.717, 1.165) is 29.7 Å². The lowest BCUT2D eigenvalue weighted by Gasteiger charge is -2.32. The first-order chi connectivity index (χ1) is 15.5. The molecule has 0 aliphatic heterocycles. The van der Waals surface area contributed by atoms with Crippen molar-refractivity contribution in [2.45, 2.75) is 51.9 Å². The number of allylic oxidation sites excluding steroid dienone is 6. The molecular formula is C29H32ClNO. The zero-order chi connectivity index (χ0) is 23.1. The van der Waals surface area contributed by atoms with E-state index >= 15 is 0 Å². The molecule has 0 N–H and O–H groups in total. The van der Waals surface area contributed by atoms with Gasteiger partial charge in [0.05, 0.1) is 13.2 Å². The minimum absolute atomic E-state index is 0.187. The number of hydrogen-bond acceptors (Lipinski definition) is 2. The average molecular weight is 446 g/mol. The van der Waals surface area contributed by atoms with E-state index in [1.807, 2.05) is 19.1 Å². The number of halogens is 1. The Bertz CT molecular complexity index is 1070. The highest BCUT2D eigenvalue weighted by Gasteiger charge is 2.29. The van der Waals surface area contributed by atoms with Crippen molar-refractivity contribution < 1.29 is 4.74 Å². The molecule has 2 nitrogen and oxygen atoms in total. The summed E-state index contributed by atoms with van der Waals surface area (Å²) in [4.78, 5) is 0. The zero-order valence-electron chi connectivity index (χ0n) is 19.4. The van der Waals surface area contributed by atoms with Crippen LogP contribution in [0, 0.1) is 24.2 Å². The number of hydrogen-bond donors (Lipinski definition) is 0. The largest absolute Gasteiger partial charge is 0.496 e. The minimum Gasteiger partial charge on any atom is -0.496 e. The Balaban J connectivity index is 2.23. The van der Waals surface area contributed by atoms with Crippen LogP contribution in [0.1, 0.15) is 67.2 Å². The molecule has 3 unspecified atom stereocenters. The van der Waals surface area contributed by atoms with Crippen LogP contribution in [-0.4, -0.2) is 7.11 Å². The van der Waals surface area contributed by atoms with E-state index in [4.69, 9.17) is 16.3 Å². The quantitative estimate of drug-likeness (QED) is 0.419. The van der Waals surface area contributed by atoms with Crippen molar-refractivity contribution >= 4 is 17.2 Å². The standard InChI is InChI=1S/C29H32ClNO/c1-5-24(30)16-15-23-19-28(27-14-8-10-20(2)29(27)32-4)21(3)18-22(11-9-17-31)25-12-6-7-13-26(23)25/h5-8,10,12-16,19,21-22,28H,9,11,18H2,1-4H3/b16-15-,23-19-,24-5+. The molecule has 0 bridgehead atoms. The predicted molar refractivity (Wildman–Crippen MR) is 135 cm³/mol. The summed E-state index contributed by atoms with van der Waals surface area (Å²) in [5.41, 5.74) is 6.04. The number of nitriles is 1. The first kappa shape index (κ1) is 23.9. The van der Waals surface area contributed by atoms with E-state index in [2.05, 4.69) is 74.5 Å². The topological polar surface area (TPSA) is 33.0 Å². The lowest BCUT2D eigenvalue weighted by Crippen LogP contribution is -2.17. The van der Waals surface area contributed by atoms with Gasteiger partial charge in [-0.25, -0.2) is 0 Å². The molecule has 0 heterocycles. The third-order valence-electron chi connectivity index (χ3n) is 6.45. The second-order valence-electron chi connectivity index (χ2n) is 8.55. The zero-order valence-corrected chi connectivity index (χ0v) is 20.2. The van der Waals surface area contributed by atoms with E-state index < -0.39 is 0 Å². The van der Waals surface area contributed by atoms with Gasteiger partial charge in [0.25, 0.3) is 0 Å². The van der Waals surface area contributed by atoms with E-state index in [0.29, 0.717) is 23.3 Å². The molecule has 0 saturated heterocycles. The Labute approximate surface area is 197 Å². The third kappa shape index (κ3) is 5.34. The second-order valence-corrected chi connectivity index (χ2v) is 8.98. The molecule has 0 saturated carbocycles. The normalized spacial score (nSPS) is 22.9. The highest BCUT2D eigenvalue weighted by atomic mass is 35.5. The van der Waals surface area contributed by atoms with Crippen molar-refractivity contribution in [2.24, 2.45) is 5.92 Å². The van der Waals surface area contributed by atoms with Crippen LogP contribution in [0.5, 0.6) is 5.75 Å². The molecule has 3 rings (SSSR count). The molecule has 0 amide bonds. The molecule has 0 spiro atoms. The van der Waals surface area contributed by atoms with Gasteiger partial charge in [-0.1, -0.05) is 79.2 Å². The van der Waals surface area contributed by atoms with Gasteiger partial charge in [0.1, 0.15) is 5.75 Å². The van der Waals surface area contributed by atoms with Crippen molar-refractivity contribution in [1.82, 2.24) is 0 Å². The smallest absolute Gasteiger partial charge is 0.125 e. The first-order valence-corrected chi connectivity index (χ1v) is 11.7. The molecule has 3 atom stereocenters. The van der Waals surface area contributed by atoms with Gasteiger partial charge in [-0.3, -0.25) is 0 Å². The summed E-state index contributed by atoms with van der Waals surface area (Å²) in [7, 11) is 1.75. The average Bonchev–Trinajstić information content (AvgIpc) is 2.80.